The summed E-state index contributed by atoms with van der Waals surface area (Å²) in [6.45, 7) is 4.66. The maximum atomic E-state index is 13.5. The Kier molecular flexibility index (Phi) is 13.2. The van der Waals surface area contributed by atoms with Crippen molar-refractivity contribution in [1.29, 1.82) is 0 Å². The molecule has 190 valence electrons. The molecule has 0 saturated carbocycles. The van der Waals surface area contributed by atoms with Crippen LogP contribution in [0.2, 0.25) is 0 Å². The summed E-state index contributed by atoms with van der Waals surface area (Å²) in [5.74, 6) is -17.6. The highest BCUT2D eigenvalue weighted by Gasteiger charge is 2.76. The van der Waals surface area contributed by atoms with Gasteiger partial charge in [-0.15, -0.1) is 0 Å². The molecule has 32 heavy (non-hydrogen) atoms. The first-order chi connectivity index (χ1) is 14.7. The number of ether oxygens (including phenoxy) is 1. The smallest absolute Gasteiger partial charge is 0.460 e. The van der Waals surface area contributed by atoms with E-state index in [-0.39, 0.29) is 6.61 Å². The molecule has 1 amide bonds. The van der Waals surface area contributed by atoms with Crippen LogP contribution in [0.3, 0.4) is 0 Å². The summed E-state index contributed by atoms with van der Waals surface area (Å²) in [6, 6.07) is -1.79. The van der Waals surface area contributed by atoms with Crippen molar-refractivity contribution in [1.82, 2.24) is 5.32 Å². The monoisotopic (exact) mass is 481 g/mol. The van der Waals surface area contributed by atoms with E-state index in [9.17, 15) is 40.3 Å². The highest BCUT2D eigenvalue weighted by Crippen LogP contribution is 2.46. The molecule has 0 radical (unpaired) electrons. The van der Waals surface area contributed by atoms with Gasteiger partial charge in [0.2, 0.25) is 0 Å². The van der Waals surface area contributed by atoms with Crippen LogP contribution < -0.4 is 5.32 Å². The van der Waals surface area contributed by atoms with E-state index in [0.29, 0.717) is 6.42 Å². The molecule has 0 aliphatic heterocycles. The molecule has 0 aliphatic carbocycles. The Morgan fingerprint density at radius 3 is 1.62 bits per heavy atom. The molecule has 1 unspecified atom stereocenters. The minimum atomic E-state index is -6.64. The molecule has 0 rings (SSSR count). The minimum absolute atomic E-state index is 0.0798. The Morgan fingerprint density at radius 1 is 0.781 bits per heavy atom. The number of hydrogen-bond donors (Lipinski definition) is 1. The number of carbonyl (C=O) groups excluding carboxylic acids is 2. The minimum Gasteiger partial charge on any atom is -0.464 e. The van der Waals surface area contributed by atoms with Crippen LogP contribution in [-0.2, 0) is 14.3 Å². The van der Waals surface area contributed by atoms with E-state index in [0.717, 1.165) is 32.1 Å². The van der Waals surface area contributed by atoms with Gasteiger partial charge in [0.15, 0.2) is 0 Å². The van der Waals surface area contributed by atoms with E-state index < -0.39 is 41.9 Å². The topological polar surface area (TPSA) is 55.4 Å². The van der Waals surface area contributed by atoms with Crippen LogP contribution in [0.15, 0.2) is 0 Å². The number of alkyl halides is 7. The molecular weight excluding hydrogens is 447 g/mol. The Labute approximate surface area is 184 Å². The fraction of sp³-hybridized carbons (Fsp3) is 0.905. The third kappa shape index (κ3) is 9.52. The van der Waals surface area contributed by atoms with Crippen LogP contribution >= 0.6 is 0 Å². The second-order valence-corrected chi connectivity index (χ2v) is 8.19. The van der Waals surface area contributed by atoms with Gasteiger partial charge in [0, 0.05) is 0 Å². The third-order valence-electron chi connectivity index (χ3n) is 4.98. The summed E-state index contributed by atoms with van der Waals surface area (Å²) in [5.41, 5.74) is 0. The van der Waals surface area contributed by atoms with Gasteiger partial charge in [0.05, 0.1) is 6.61 Å². The molecule has 0 heterocycles. The maximum absolute atomic E-state index is 13.5. The highest BCUT2D eigenvalue weighted by atomic mass is 19.4. The molecule has 1 N–H and O–H groups in total. The quantitative estimate of drug-likeness (QED) is 0.157. The molecule has 0 aromatic heterocycles. The number of rotatable bonds is 16. The van der Waals surface area contributed by atoms with Crippen molar-refractivity contribution in [2.45, 2.75) is 109 Å². The zero-order valence-corrected chi connectivity index (χ0v) is 18.8. The van der Waals surface area contributed by atoms with Crippen molar-refractivity contribution >= 4 is 11.9 Å². The Bertz CT molecular complexity index is 566. The number of unbranched alkanes of at least 4 members (excludes halogenated alkanes) is 9. The van der Waals surface area contributed by atoms with Gasteiger partial charge in [-0.3, -0.25) is 4.79 Å². The van der Waals surface area contributed by atoms with Crippen LogP contribution in [0.25, 0.3) is 0 Å². The number of amides is 1. The van der Waals surface area contributed by atoms with Gasteiger partial charge in [-0.2, -0.15) is 30.7 Å². The lowest BCUT2D eigenvalue weighted by molar-refractivity contribution is -0.344. The average molecular weight is 481 g/mol. The van der Waals surface area contributed by atoms with Gasteiger partial charge in [-0.25, -0.2) is 4.79 Å². The third-order valence-corrected chi connectivity index (χ3v) is 4.98. The molecule has 0 spiro atoms. The van der Waals surface area contributed by atoms with Crippen molar-refractivity contribution in [2.75, 3.05) is 6.61 Å². The molecule has 4 nitrogen and oxygen atoms in total. The summed E-state index contributed by atoms with van der Waals surface area (Å²) < 4.78 is 94.6. The standard InChI is InChI=1S/C21H34F7NO3/c1-4-5-6-7-8-9-10-11-12-13-14-32-17(30)16(15(2)3)29-18(31)19(22,23)20(24,25)21(26,27)28/h15-16H,4-14H2,1-3H3,(H,29,31). The summed E-state index contributed by atoms with van der Waals surface area (Å²) in [5, 5.41) is 1.28. The SMILES string of the molecule is CCCCCCCCCCCCOC(=O)C(NC(=O)C(F)(F)C(F)(F)C(F)(F)F)C(C)C. The highest BCUT2D eigenvalue weighted by molar-refractivity contribution is 5.89. The lowest BCUT2D eigenvalue weighted by Crippen LogP contribution is -2.62. The molecule has 11 heteroatoms. The Morgan fingerprint density at radius 2 is 1.22 bits per heavy atom. The molecule has 0 aromatic rings. The first-order valence-electron chi connectivity index (χ1n) is 11.0. The first kappa shape index (κ1) is 30.4. The van der Waals surface area contributed by atoms with Crippen LogP contribution in [0.5, 0.6) is 0 Å². The summed E-state index contributed by atoms with van der Waals surface area (Å²) in [6.07, 6.45) is 3.60. The second kappa shape index (κ2) is 13.9. The number of nitrogens with one attached hydrogen (secondary N) is 1. The van der Waals surface area contributed by atoms with Crippen molar-refractivity contribution in [3.8, 4) is 0 Å². The van der Waals surface area contributed by atoms with Crippen LogP contribution in [0.1, 0.15) is 85.0 Å². The number of carbonyl (C=O) groups is 2. The molecule has 0 fully saturated rings. The van der Waals surface area contributed by atoms with Crippen molar-refractivity contribution < 1.29 is 45.1 Å². The predicted molar refractivity (Wildman–Crippen MR) is 106 cm³/mol. The van der Waals surface area contributed by atoms with E-state index in [2.05, 4.69) is 6.92 Å². The van der Waals surface area contributed by atoms with Crippen molar-refractivity contribution in [2.24, 2.45) is 5.92 Å². The zero-order chi connectivity index (χ0) is 25.0. The van der Waals surface area contributed by atoms with Gasteiger partial charge >= 0.3 is 24.0 Å². The molecule has 0 aliphatic rings. The molecule has 0 bridgehead atoms. The fourth-order valence-electron chi connectivity index (χ4n) is 2.90. The van der Waals surface area contributed by atoms with Crippen LogP contribution in [0, 0.1) is 5.92 Å². The Hall–Kier alpha value is -1.55. The molecular formula is C21H34F7NO3. The summed E-state index contributed by atoms with van der Waals surface area (Å²) in [4.78, 5) is 23.6. The Balaban J connectivity index is 4.47. The van der Waals surface area contributed by atoms with E-state index >= 15 is 0 Å². The van der Waals surface area contributed by atoms with Crippen molar-refractivity contribution in [3.63, 3.8) is 0 Å². The number of esters is 1. The van der Waals surface area contributed by atoms with Crippen LogP contribution in [-0.4, -0.2) is 42.5 Å². The second-order valence-electron chi connectivity index (χ2n) is 8.19. The van der Waals surface area contributed by atoms with E-state index in [4.69, 9.17) is 4.74 Å². The summed E-state index contributed by atoms with van der Waals surface area (Å²) in [7, 11) is 0. The van der Waals surface area contributed by atoms with Gasteiger partial charge in [0.25, 0.3) is 5.91 Å². The summed E-state index contributed by atoms with van der Waals surface area (Å²) >= 11 is 0. The normalized spacial score (nSPS) is 13.8. The van der Waals surface area contributed by atoms with E-state index in [1.165, 1.54) is 44.8 Å². The molecule has 1 atom stereocenters. The van der Waals surface area contributed by atoms with Crippen molar-refractivity contribution in [3.05, 3.63) is 0 Å². The van der Waals surface area contributed by atoms with Gasteiger partial charge < -0.3 is 10.1 Å². The molecule has 0 saturated heterocycles. The first-order valence-corrected chi connectivity index (χ1v) is 11.0. The largest absolute Gasteiger partial charge is 0.464 e. The fourth-order valence-corrected chi connectivity index (χ4v) is 2.90. The maximum Gasteiger partial charge on any atom is 0.460 e. The van der Waals surface area contributed by atoms with E-state index in [1.807, 2.05) is 0 Å². The number of halogens is 7. The predicted octanol–water partition coefficient (Wildman–Crippen LogP) is 6.42. The van der Waals surface area contributed by atoms with Gasteiger partial charge in [-0.1, -0.05) is 78.6 Å². The molecule has 0 aromatic carbocycles. The van der Waals surface area contributed by atoms with E-state index in [1.54, 1.807) is 0 Å². The lowest BCUT2D eigenvalue weighted by Gasteiger charge is -2.29. The van der Waals surface area contributed by atoms with Crippen LogP contribution in [0.4, 0.5) is 30.7 Å². The van der Waals surface area contributed by atoms with Gasteiger partial charge in [-0.05, 0) is 12.3 Å². The number of hydrogen-bond acceptors (Lipinski definition) is 3. The lowest BCUT2D eigenvalue weighted by atomic mass is 10.0. The van der Waals surface area contributed by atoms with Gasteiger partial charge in [0.1, 0.15) is 6.04 Å². The average Bonchev–Trinajstić information content (AvgIpc) is 2.68. The zero-order valence-electron chi connectivity index (χ0n) is 18.8.